The quantitative estimate of drug-likeness (QED) is 0.815. The van der Waals surface area contributed by atoms with Crippen molar-refractivity contribution in [2.75, 3.05) is 6.54 Å². The minimum atomic E-state index is -0.529. The Bertz CT molecular complexity index is 351. The Morgan fingerprint density at radius 2 is 2.19 bits per heavy atom. The van der Waals surface area contributed by atoms with Crippen LogP contribution >= 0.6 is 0 Å². The van der Waals surface area contributed by atoms with E-state index in [2.05, 4.69) is 22.0 Å². The number of nitrogens with zero attached hydrogens (tertiary/aromatic N) is 3. The number of hydrogen-bond acceptors (Lipinski definition) is 5. The molecule has 0 atom stereocenters. The van der Waals surface area contributed by atoms with E-state index >= 15 is 0 Å². The van der Waals surface area contributed by atoms with Gasteiger partial charge in [0, 0.05) is 6.04 Å². The van der Waals surface area contributed by atoms with E-state index in [0.717, 1.165) is 13.1 Å². The van der Waals surface area contributed by atoms with E-state index in [1.807, 2.05) is 13.8 Å². The van der Waals surface area contributed by atoms with Gasteiger partial charge in [0.2, 0.25) is 5.89 Å². The Balaban J connectivity index is 2.01. The Morgan fingerprint density at radius 3 is 2.62 bits per heavy atom. The molecular weight excluding hydrogens is 204 g/mol. The summed E-state index contributed by atoms with van der Waals surface area (Å²) in [6.45, 7) is 7.67. The van der Waals surface area contributed by atoms with Crippen molar-refractivity contribution in [3.05, 3.63) is 11.7 Å². The lowest BCUT2D eigenvalue weighted by molar-refractivity contribution is 0.227. The summed E-state index contributed by atoms with van der Waals surface area (Å²) >= 11 is 0. The zero-order valence-corrected chi connectivity index (χ0v) is 10.2. The molecule has 0 spiro atoms. The average molecular weight is 224 g/mol. The largest absolute Gasteiger partial charge is 0.338 e. The van der Waals surface area contributed by atoms with Crippen LogP contribution < -0.4 is 5.73 Å². The first kappa shape index (κ1) is 11.5. The monoisotopic (exact) mass is 224 g/mol. The van der Waals surface area contributed by atoms with Gasteiger partial charge in [0.05, 0.1) is 12.1 Å². The van der Waals surface area contributed by atoms with Gasteiger partial charge in [0.1, 0.15) is 0 Å². The topological polar surface area (TPSA) is 68.2 Å². The molecule has 1 aromatic rings. The van der Waals surface area contributed by atoms with Gasteiger partial charge in [-0.05, 0) is 33.2 Å². The smallest absolute Gasteiger partial charge is 0.240 e. The van der Waals surface area contributed by atoms with Crippen LogP contribution in [0.5, 0.6) is 0 Å². The third-order valence-corrected chi connectivity index (χ3v) is 2.85. The highest BCUT2D eigenvalue weighted by molar-refractivity contribution is 4.99. The molecule has 1 aromatic heterocycles. The summed E-state index contributed by atoms with van der Waals surface area (Å²) in [7, 11) is 0. The molecule has 0 aromatic carbocycles. The SMILES string of the molecule is CCN(Cc1nc(C(C)(C)N)no1)C1CC1. The van der Waals surface area contributed by atoms with Gasteiger partial charge < -0.3 is 10.3 Å². The summed E-state index contributed by atoms with van der Waals surface area (Å²) in [6, 6.07) is 0.714. The molecule has 0 unspecified atom stereocenters. The maximum Gasteiger partial charge on any atom is 0.240 e. The lowest BCUT2D eigenvalue weighted by Gasteiger charge is -2.16. The minimum absolute atomic E-state index is 0.529. The van der Waals surface area contributed by atoms with E-state index in [1.165, 1.54) is 12.8 Å². The van der Waals surface area contributed by atoms with Gasteiger partial charge in [-0.25, -0.2) is 0 Å². The second kappa shape index (κ2) is 4.14. The van der Waals surface area contributed by atoms with Gasteiger partial charge in [-0.3, -0.25) is 4.90 Å². The standard InChI is InChI=1S/C11H20N4O/c1-4-15(8-5-6-8)7-9-13-10(14-16-9)11(2,3)12/h8H,4-7,12H2,1-3H3. The minimum Gasteiger partial charge on any atom is -0.338 e. The van der Waals surface area contributed by atoms with Crippen LogP contribution in [0.3, 0.4) is 0 Å². The molecule has 0 amide bonds. The Labute approximate surface area is 96.0 Å². The molecule has 5 heteroatoms. The van der Waals surface area contributed by atoms with Crippen LogP contribution in [0.25, 0.3) is 0 Å². The highest BCUT2D eigenvalue weighted by Crippen LogP contribution is 2.27. The fraction of sp³-hybridized carbons (Fsp3) is 0.818. The van der Waals surface area contributed by atoms with Crippen LogP contribution in [0.2, 0.25) is 0 Å². The summed E-state index contributed by atoms with van der Waals surface area (Å²) in [5, 5.41) is 3.92. The number of rotatable bonds is 5. The Kier molecular flexibility index (Phi) is 2.99. The van der Waals surface area contributed by atoms with Gasteiger partial charge >= 0.3 is 0 Å². The fourth-order valence-electron chi connectivity index (χ4n) is 1.69. The molecule has 0 radical (unpaired) electrons. The number of nitrogens with two attached hydrogens (primary N) is 1. The maximum absolute atomic E-state index is 5.91. The zero-order valence-electron chi connectivity index (χ0n) is 10.2. The number of aromatic nitrogens is 2. The predicted octanol–water partition coefficient (Wildman–Crippen LogP) is 1.25. The van der Waals surface area contributed by atoms with Crippen molar-refractivity contribution < 1.29 is 4.52 Å². The van der Waals surface area contributed by atoms with Gasteiger partial charge in [0.25, 0.3) is 0 Å². The van der Waals surface area contributed by atoms with Crippen LogP contribution in [0.15, 0.2) is 4.52 Å². The average Bonchev–Trinajstić information content (AvgIpc) is 2.92. The van der Waals surface area contributed by atoms with E-state index in [9.17, 15) is 0 Å². The fourth-order valence-corrected chi connectivity index (χ4v) is 1.69. The molecule has 16 heavy (non-hydrogen) atoms. The first-order chi connectivity index (χ1) is 7.50. The van der Waals surface area contributed by atoms with Crippen molar-refractivity contribution in [2.45, 2.75) is 51.7 Å². The van der Waals surface area contributed by atoms with Gasteiger partial charge in [-0.2, -0.15) is 4.98 Å². The highest BCUT2D eigenvalue weighted by atomic mass is 16.5. The maximum atomic E-state index is 5.91. The van der Waals surface area contributed by atoms with Crippen molar-refractivity contribution in [3.63, 3.8) is 0 Å². The molecule has 2 N–H and O–H groups in total. The molecule has 0 bridgehead atoms. The lowest BCUT2D eigenvalue weighted by Crippen LogP contribution is -2.30. The van der Waals surface area contributed by atoms with E-state index in [1.54, 1.807) is 0 Å². The van der Waals surface area contributed by atoms with E-state index in [4.69, 9.17) is 10.3 Å². The zero-order chi connectivity index (χ0) is 11.8. The van der Waals surface area contributed by atoms with Crippen molar-refractivity contribution in [2.24, 2.45) is 5.73 Å². The van der Waals surface area contributed by atoms with E-state index in [0.29, 0.717) is 17.8 Å². The summed E-state index contributed by atoms with van der Waals surface area (Å²) in [5.41, 5.74) is 5.38. The highest BCUT2D eigenvalue weighted by Gasteiger charge is 2.29. The molecule has 1 aliphatic rings. The van der Waals surface area contributed by atoms with E-state index in [-0.39, 0.29) is 0 Å². The molecule has 2 rings (SSSR count). The predicted molar refractivity (Wildman–Crippen MR) is 60.6 cm³/mol. The summed E-state index contributed by atoms with van der Waals surface area (Å²) in [5.74, 6) is 1.25. The van der Waals surface area contributed by atoms with Crippen LogP contribution in [-0.4, -0.2) is 27.6 Å². The van der Waals surface area contributed by atoms with Crippen molar-refractivity contribution in [1.82, 2.24) is 15.0 Å². The van der Waals surface area contributed by atoms with Crippen LogP contribution in [0.1, 0.15) is 45.3 Å². The third-order valence-electron chi connectivity index (χ3n) is 2.85. The van der Waals surface area contributed by atoms with E-state index < -0.39 is 5.54 Å². The molecule has 1 saturated carbocycles. The normalized spacial score (nSPS) is 17.1. The summed E-state index contributed by atoms with van der Waals surface area (Å²) in [6.07, 6.45) is 2.58. The van der Waals surface area contributed by atoms with Crippen molar-refractivity contribution >= 4 is 0 Å². The van der Waals surface area contributed by atoms with Crippen LogP contribution in [0.4, 0.5) is 0 Å². The van der Waals surface area contributed by atoms with Crippen molar-refractivity contribution in [1.29, 1.82) is 0 Å². The second-order valence-electron chi connectivity index (χ2n) is 5.03. The third kappa shape index (κ3) is 2.59. The second-order valence-corrected chi connectivity index (χ2v) is 5.03. The van der Waals surface area contributed by atoms with Crippen LogP contribution in [-0.2, 0) is 12.1 Å². The Hall–Kier alpha value is -0.940. The molecule has 1 aliphatic carbocycles. The summed E-state index contributed by atoms with van der Waals surface area (Å²) in [4.78, 5) is 6.70. The number of hydrogen-bond donors (Lipinski definition) is 1. The molecule has 5 nitrogen and oxygen atoms in total. The lowest BCUT2D eigenvalue weighted by atomic mass is 10.1. The molecule has 0 saturated heterocycles. The molecule has 1 fully saturated rings. The molecule has 1 heterocycles. The van der Waals surface area contributed by atoms with Gasteiger partial charge in [-0.15, -0.1) is 0 Å². The molecular formula is C11H20N4O. The van der Waals surface area contributed by atoms with Gasteiger partial charge in [-0.1, -0.05) is 12.1 Å². The first-order valence-corrected chi connectivity index (χ1v) is 5.86. The molecule has 90 valence electrons. The first-order valence-electron chi connectivity index (χ1n) is 5.86. The van der Waals surface area contributed by atoms with Crippen LogP contribution in [0, 0.1) is 0 Å². The molecule has 0 aliphatic heterocycles. The Morgan fingerprint density at radius 1 is 1.50 bits per heavy atom. The summed E-state index contributed by atoms with van der Waals surface area (Å²) < 4.78 is 5.22. The van der Waals surface area contributed by atoms with Gasteiger partial charge in [0.15, 0.2) is 5.82 Å². The van der Waals surface area contributed by atoms with Crippen molar-refractivity contribution in [3.8, 4) is 0 Å².